The van der Waals surface area contributed by atoms with Crippen molar-refractivity contribution in [2.24, 2.45) is 4.99 Å². The van der Waals surface area contributed by atoms with E-state index in [1.54, 1.807) is 30.5 Å². The van der Waals surface area contributed by atoms with Crippen LogP contribution in [-0.4, -0.2) is 33.0 Å². The summed E-state index contributed by atoms with van der Waals surface area (Å²) >= 11 is 7.50. The molecule has 8 nitrogen and oxygen atoms in total. The molecule has 0 spiro atoms. The number of amides is 2. The van der Waals surface area contributed by atoms with Gasteiger partial charge in [-0.1, -0.05) is 29.8 Å². The van der Waals surface area contributed by atoms with Gasteiger partial charge in [-0.05, 0) is 59.3 Å². The van der Waals surface area contributed by atoms with Gasteiger partial charge in [0.1, 0.15) is 0 Å². The molecule has 3 N–H and O–H groups in total. The monoisotopic (exact) mass is 494 g/mol. The van der Waals surface area contributed by atoms with E-state index in [9.17, 15) is 14.4 Å². The summed E-state index contributed by atoms with van der Waals surface area (Å²) in [6, 6.07) is 14.7. The molecule has 0 saturated heterocycles. The fraction of sp³-hybridized carbons (Fsp3) is 0.125. The topological polar surface area (TPSA) is 121 Å². The SMILES string of the molecule is O=C(O)CCC(=O)NCc1ccc(Cl)c(NC2=NC(=O)/C(=C/c3ccc4ncccc4c3)S2)c1. The maximum atomic E-state index is 12.4. The molecule has 2 amide bonds. The van der Waals surface area contributed by atoms with E-state index < -0.39 is 5.97 Å². The number of thioether (sulfide) groups is 1. The third kappa shape index (κ3) is 6.00. The van der Waals surface area contributed by atoms with Crippen LogP contribution in [0.1, 0.15) is 24.0 Å². The number of nitrogens with one attached hydrogen (secondary N) is 2. The van der Waals surface area contributed by atoms with Crippen LogP contribution in [0.15, 0.2) is 64.6 Å². The maximum absolute atomic E-state index is 12.4. The fourth-order valence-electron chi connectivity index (χ4n) is 3.20. The Morgan fingerprint density at radius 1 is 1.12 bits per heavy atom. The van der Waals surface area contributed by atoms with E-state index in [-0.39, 0.29) is 31.2 Å². The van der Waals surface area contributed by atoms with Crippen molar-refractivity contribution < 1.29 is 19.5 Å². The Bertz CT molecular complexity index is 1360. The van der Waals surface area contributed by atoms with Crippen molar-refractivity contribution in [2.45, 2.75) is 19.4 Å². The maximum Gasteiger partial charge on any atom is 0.303 e. The van der Waals surface area contributed by atoms with Gasteiger partial charge < -0.3 is 15.7 Å². The predicted molar refractivity (Wildman–Crippen MR) is 134 cm³/mol. The van der Waals surface area contributed by atoms with Crippen molar-refractivity contribution in [3.63, 3.8) is 0 Å². The van der Waals surface area contributed by atoms with Crippen LogP contribution in [0.25, 0.3) is 17.0 Å². The van der Waals surface area contributed by atoms with Gasteiger partial charge in [-0.3, -0.25) is 19.4 Å². The Balaban J connectivity index is 1.41. The van der Waals surface area contributed by atoms with Crippen LogP contribution < -0.4 is 10.6 Å². The van der Waals surface area contributed by atoms with Crippen LogP contribution in [0.3, 0.4) is 0 Å². The number of aliphatic carboxylic acids is 1. The number of carbonyl (C=O) groups is 3. The average Bonchev–Trinajstić information content (AvgIpc) is 3.16. The molecule has 2 heterocycles. The van der Waals surface area contributed by atoms with Crippen molar-refractivity contribution >= 4 is 69.0 Å². The van der Waals surface area contributed by atoms with E-state index in [0.717, 1.165) is 22.0 Å². The van der Waals surface area contributed by atoms with Crippen molar-refractivity contribution in [3.8, 4) is 0 Å². The van der Waals surface area contributed by atoms with Gasteiger partial charge in [-0.2, -0.15) is 4.99 Å². The summed E-state index contributed by atoms with van der Waals surface area (Å²) in [6.07, 6.45) is 3.20. The number of carbonyl (C=O) groups excluding carboxylic acids is 2. The first kappa shape index (κ1) is 23.5. The van der Waals surface area contributed by atoms with Crippen molar-refractivity contribution in [1.29, 1.82) is 0 Å². The quantitative estimate of drug-likeness (QED) is 0.415. The second-order valence-corrected chi connectivity index (χ2v) is 8.84. The Morgan fingerprint density at radius 3 is 2.79 bits per heavy atom. The van der Waals surface area contributed by atoms with Crippen LogP contribution in [-0.2, 0) is 20.9 Å². The first-order valence-electron chi connectivity index (χ1n) is 10.3. The molecule has 0 fully saturated rings. The number of carboxylic acids is 1. The minimum atomic E-state index is -1.02. The molecule has 3 aromatic rings. The summed E-state index contributed by atoms with van der Waals surface area (Å²) < 4.78 is 0. The van der Waals surface area contributed by atoms with Crippen molar-refractivity contribution in [1.82, 2.24) is 10.3 Å². The van der Waals surface area contributed by atoms with E-state index in [1.807, 2.05) is 30.3 Å². The molecular formula is C24H19ClN4O4S. The van der Waals surface area contributed by atoms with Crippen LogP contribution >= 0.6 is 23.4 Å². The number of hydrogen-bond donors (Lipinski definition) is 3. The molecule has 172 valence electrons. The average molecular weight is 495 g/mol. The number of amidine groups is 1. The smallest absolute Gasteiger partial charge is 0.303 e. The lowest BCUT2D eigenvalue weighted by atomic mass is 10.1. The molecule has 0 aliphatic carbocycles. The molecule has 1 aliphatic heterocycles. The number of halogens is 1. The van der Waals surface area contributed by atoms with Crippen molar-refractivity contribution in [2.75, 3.05) is 5.32 Å². The molecule has 4 rings (SSSR count). The Hall–Kier alpha value is -3.69. The van der Waals surface area contributed by atoms with Gasteiger partial charge in [0.15, 0.2) is 5.17 Å². The van der Waals surface area contributed by atoms with Gasteiger partial charge in [-0.25, -0.2) is 0 Å². The second kappa shape index (κ2) is 10.5. The van der Waals surface area contributed by atoms with Crippen LogP contribution in [0.5, 0.6) is 0 Å². The second-order valence-electron chi connectivity index (χ2n) is 7.40. The largest absolute Gasteiger partial charge is 0.481 e. The van der Waals surface area contributed by atoms with Gasteiger partial charge in [0, 0.05) is 24.5 Å². The summed E-state index contributed by atoms with van der Waals surface area (Å²) in [7, 11) is 0. The number of aliphatic imine (C=N–C) groups is 1. The minimum Gasteiger partial charge on any atom is -0.481 e. The van der Waals surface area contributed by atoms with E-state index >= 15 is 0 Å². The summed E-state index contributed by atoms with van der Waals surface area (Å²) in [5, 5.41) is 16.2. The number of nitrogens with zero attached hydrogens (tertiary/aromatic N) is 2. The highest BCUT2D eigenvalue weighted by Crippen LogP contribution is 2.32. The highest BCUT2D eigenvalue weighted by atomic mass is 35.5. The molecular weight excluding hydrogens is 476 g/mol. The Kier molecular flexibility index (Phi) is 7.24. The number of hydrogen-bond acceptors (Lipinski definition) is 6. The molecule has 0 atom stereocenters. The van der Waals surface area contributed by atoms with E-state index in [1.165, 1.54) is 11.8 Å². The van der Waals surface area contributed by atoms with Crippen LogP contribution in [0, 0.1) is 0 Å². The molecule has 2 aromatic carbocycles. The highest BCUT2D eigenvalue weighted by Gasteiger charge is 2.22. The number of carboxylic acid groups (broad SMARTS) is 1. The molecule has 1 aromatic heterocycles. The lowest BCUT2D eigenvalue weighted by Gasteiger charge is -2.10. The first-order valence-corrected chi connectivity index (χ1v) is 11.5. The predicted octanol–water partition coefficient (Wildman–Crippen LogP) is 4.45. The van der Waals surface area contributed by atoms with E-state index in [4.69, 9.17) is 16.7 Å². The van der Waals surface area contributed by atoms with Crippen LogP contribution in [0.2, 0.25) is 5.02 Å². The third-order valence-corrected chi connectivity index (χ3v) is 6.10. The van der Waals surface area contributed by atoms with E-state index in [2.05, 4.69) is 20.6 Å². The molecule has 10 heteroatoms. The van der Waals surface area contributed by atoms with Gasteiger partial charge in [0.2, 0.25) is 5.91 Å². The lowest BCUT2D eigenvalue weighted by Crippen LogP contribution is -2.23. The summed E-state index contributed by atoms with van der Waals surface area (Å²) in [5.74, 6) is -1.73. The Labute approximate surface area is 204 Å². The molecule has 0 radical (unpaired) electrons. The highest BCUT2D eigenvalue weighted by molar-refractivity contribution is 8.18. The van der Waals surface area contributed by atoms with Crippen LogP contribution in [0.4, 0.5) is 5.69 Å². The number of benzene rings is 2. The Morgan fingerprint density at radius 2 is 1.97 bits per heavy atom. The normalized spacial score (nSPS) is 14.3. The summed E-state index contributed by atoms with van der Waals surface area (Å²) in [5.41, 5.74) is 3.04. The number of pyridine rings is 1. The molecule has 1 aliphatic rings. The molecule has 0 unspecified atom stereocenters. The standard InChI is InChI=1S/C24H19ClN4O4S/c25-17-5-3-15(13-27-21(30)7-8-22(31)32)11-19(17)28-24-29-23(33)20(34-24)12-14-4-6-18-16(10-14)2-1-9-26-18/h1-6,9-12H,7-8,13H2,(H,27,30)(H,31,32)(H,28,29,33)/b20-12-. The number of fused-ring (bicyclic) bond motifs is 1. The molecule has 0 saturated carbocycles. The van der Waals surface area contributed by atoms with E-state index in [0.29, 0.717) is 20.8 Å². The van der Waals surface area contributed by atoms with Gasteiger partial charge >= 0.3 is 5.97 Å². The lowest BCUT2D eigenvalue weighted by molar-refractivity contribution is -0.138. The summed E-state index contributed by atoms with van der Waals surface area (Å²) in [4.78, 5) is 43.6. The molecule has 34 heavy (non-hydrogen) atoms. The summed E-state index contributed by atoms with van der Waals surface area (Å²) in [6.45, 7) is 0.213. The van der Waals surface area contributed by atoms with Gasteiger partial charge in [0.25, 0.3) is 5.91 Å². The molecule has 0 bridgehead atoms. The van der Waals surface area contributed by atoms with Gasteiger partial charge in [0.05, 0.1) is 27.6 Å². The zero-order valence-electron chi connectivity index (χ0n) is 17.7. The fourth-order valence-corrected chi connectivity index (χ4v) is 4.19. The first-order chi connectivity index (χ1) is 16.4. The number of anilines is 1. The van der Waals surface area contributed by atoms with Crippen molar-refractivity contribution in [3.05, 3.63) is 75.8 Å². The number of aromatic nitrogens is 1. The number of rotatable bonds is 7. The zero-order valence-corrected chi connectivity index (χ0v) is 19.3. The third-order valence-electron chi connectivity index (χ3n) is 4.87. The minimum absolute atomic E-state index is 0.0909. The van der Waals surface area contributed by atoms with Gasteiger partial charge in [-0.15, -0.1) is 0 Å². The zero-order chi connectivity index (χ0) is 24.1.